The number of carbonyl (C=O) groups excluding carboxylic acids is 2. The smallest absolute Gasteiger partial charge is 0.362 e. The van der Waals surface area contributed by atoms with Gasteiger partial charge in [-0.3, -0.25) is 9.59 Å². The Morgan fingerprint density at radius 1 is 0.578 bits per heavy atom. The molecule has 8 heteroatoms. The molecule has 0 amide bonds. The second-order valence-electron chi connectivity index (χ2n) is 13.8. The minimum atomic E-state index is -0.873. The van der Waals surface area contributed by atoms with Gasteiger partial charge in [0.1, 0.15) is 6.61 Å². The van der Waals surface area contributed by atoms with Crippen LogP contribution in [-0.2, 0) is 28.6 Å². The number of nitrogens with zero attached hydrogens (tertiary/aromatic N) is 1. The molecule has 0 aromatic carbocycles. The van der Waals surface area contributed by atoms with Crippen molar-refractivity contribution in [2.75, 3.05) is 41.0 Å². The van der Waals surface area contributed by atoms with E-state index in [0.29, 0.717) is 19.3 Å². The summed E-state index contributed by atoms with van der Waals surface area (Å²) in [5.74, 6) is -1.46. The van der Waals surface area contributed by atoms with E-state index in [4.69, 9.17) is 14.2 Å². The lowest BCUT2D eigenvalue weighted by atomic mass is 10.0. The number of unbranched alkanes of at least 4 members (excludes halogenated alkanes) is 19. The molecule has 1 N–H and O–H groups in total. The summed E-state index contributed by atoms with van der Waals surface area (Å²) in [6.45, 7) is 4.71. The fourth-order valence-corrected chi connectivity index (χ4v) is 5.56. The van der Waals surface area contributed by atoms with Gasteiger partial charge in [-0.1, -0.05) is 136 Å². The molecule has 0 radical (unpaired) electrons. The van der Waals surface area contributed by atoms with Gasteiger partial charge in [0.05, 0.1) is 34.4 Å². The number of aliphatic carboxylic acids is 1. The third-order valence-electron chi connectivity index (χ3n) is 8.51. The van der Waals surface area contributed by atoms with Crippen LogP contribution in [0.5, 0.6) is 0 Å². The first-order chi connectivity index (χ1) is 21.6. The second kappa shape index (κ2) is 29.7. The molecule has 0 aromatic rings. The standard InChI is InChI=1S/C37H71NO7/c1-6-8-10-12-14-16-17-18-19-20-22-24-26-28-36(40)45-33(31-43-30-29-34(37(41)42)38(3,4)5)32-44-35(39)27-25-23-21-15-13-11-9-7-2/h33-34H,6-32H2,1-5H3/p+1. The summed E-state index contributed by atoms with van der Waals surface area (Å²) in [5, 5.41) is 9.55. The number of carboxylic acid groups (broad SMARTS) is 1. The number of carbonyl (C=O) groups is 3. The van der Waals surface area contributed by atoms with E-state index in [2.05, 4.69) is 13.8 Å². The Bertz CT molecular complexity index is 722. The van der Waals surface area contributed by atoms with Crippen LogP contribution in [-0.4, -0.2) is 80.6 Å². The Hall–Kier alpha value is -1.67. The molecule has 0 aliphatic rings. The fourth-order valence-electron chi connectivity index (χ4n) is 5.56. The Morgan fingerprint density at radius 3 is 1.38 bits per heavy atom. The molecule has 0 rings (SSSR count). The van der Waals surface area contributed by atoms with Gasteiger partial charge < -0.3 is 23.8 Å². The Morgan fingerprint density at radius 2 is 0.978 bits per heavy atom. The van der Waals surface area contributed by atoms with Crippen molar-refractivity contribution in [2.24, 2.45) is 0 Å². The maximum Gasteiger partial charge on any atom is 0.362 e. The van der Waals surface area contributed by atoms with Crippen molar-refractivity contribution in [3.05, 3.63) is 0 Å². The molecule has 0 fully saturated rings. The Kier molecular flexibility index (Phi) is 28.6. The average Bonchev–Trinajstić information content (AvgIpc) is 2.98. The molecule has 0 aliphatic heterocycles. The zero-order valence-corrected chi connectivity index (χ0v) is 30.1. The molecule has 0 aliphatic carbocycles. The van der Waals surface area contributed by atoms with E-state index in [1.807, 2.05) is 21.1 Å². The maximum atomic E-state index is 12.6. The normalized spacial score (nSPS) is 13.0. The number of hydrogen-bond donors (Lipinski definition) is 1. The van der Waals surface area contributed by atoms with Crippen LogP contribution in [0.2, 0.25) is 0 Å². The van der Waals surface area contributed by atoms with Crippen LogP contribution in [0.1, 0.15) is 168 Å². The Labute approximate surface area is 276 Å². The summed E-state index contributed by atoms with van der Waals surface area (Å²) in [7, 11) is 5.52. The molecule has 45 heavy (non-hydrogen) atoms. The number of quaternary nitrogens is 1. The third-order valence-corrected chi connectivity index (χ3v) is 8.51. The summed E-state index contributed by atoms with van der Waals surface area (Å²) in [5.41, 5.74) is 0. The largest absolute Gasteiger partial charge is 0.477 e. The van der Waals surface area contributed by atoms with E-state index in [0.717, 1.165) is 38.5 Å². The molecule has 0 bridgehead atoms. The predicted octanol–water partition coefficient (Wildman–Crippen LogP) is 9.02. The molecular formula is C37H72NO7+. The molecule has 8 nitrogen and oxygen atoms in total. The first-order valence-corrected chi connectivity index (χ1v) is 18.6. The first-order valence-electron chi connectivity index (χ1n) is 18.6. The van der Waals surface area contributed by atoms with Gasteiger partial charge in [0.15, 0.2) is 12.1 Å². The van der Waals surface area contributed by atoms with Gasteiger partial charge in [-0.05, 0) is 12.8 Å². The lowest BCUT2D eigenvalue weighted by molar-refractivity contribution is -0.887. The molecule has 266 valence electrons. The number of ether oxygens (including phenoxy) is 3. The van der Waals surface area contributed by atoms with Crippen LogP contribution in [0.25, 0.3) is 0 Å². The van der Waals surface area contributed by atoms with Crippen molar-refractivity contribution in [1.29, 1.82) is 0 Å². The van der Waals surface area contributed by atoms with Crippen LogP contribution < -0.4 is 0 Å². The highest BCUT2D eigenvalue weighted by Crippen LogP contribution is 2.14. The van der Waals surface area contributed by atoms with Gasteiger partial charge in [0.25, 0.3) is 0 Å². The zero-order chi connectivity index (χ0) is 33.6. The van der Waals surface area contributed by atoms with Crippen LogP contribution in [0, 0.1) is 0 Å². The molecule has 0 saturated carbocycles. The molecule has 0 saturated heterocycles. The Balaban J connectivity index is 4.39. The summed E-state index contributed by atoms with van der Waals surface area (Å²) in [4.78, 5) is 36.6. The van der Waals surface area contributed by atoms with Crippen molar-refractivity contribution < 1.29 is 38.2 Å². The van der Waals surface area contributed by atoms with Crippen LogP contribution in [0.15, 0.2) is 0 Å². The van der Waals surface area contributed by atoms with Crippen molar-refractivity contribution in [3.8, 4) is 0 Å². The third kappa shape index (κ3) is 28.3. The van der Waals surface area contributed by atoms with Crippen molar-refractivity contribution in [1.82, 2.24) is 0 Å². The van der Waals surface area contributed by atoms with Gasteiger partial charge in [0.2, 0.25) is 0 Å². The summed E-state index contributed by atoms with van der Waals surface area (Å²) in [6, 6.07) is -0.606. The van der Waals surface area contributed by atoms with Crippen molar-refractivity contribution in [3.63, 3.8) is 0 Å². The number of carboxylic acids is 1. The van der Waals surface area contributed by atoms with E-state index >= 15 is 0 Å². The second-order valence-corrected chi connectivity index (χ2v) is 13.8. The van der Waals surface area contributed by atoms with E-state index in [1.165, 1.54) is 96.3 Å². The molecule has 2 atom stereocenters. The van der Waals surface area contributed by atoms with Crippen LogP contribution in [0.3, 0.4) is 0 Å². The summed E-state index contributed by atoms with van der Waals surface area (Å²) >= 11 is 0. The molecule has 0 heterocycles. The van der Waals surface area contributed by atoms with Gasteiger partial charge in [-0.15, -0.1) is 0 Å². The number of likely N-dealkylation sites (N-methyl/N-ethyl adjacent to an activating group) is 1. The highest BCUT2D eigenvalue weighted by molar-refractivity contribution is 5.72. The zero-order valence-electron chi connectivity index (χ0n) is 30.1. The topological polar surface area (TPSA) is 99.1 Å². The number of esters is 2. The molecular weight excluding hydrogens is 570 g/mol. The fraction of sp³-hybridized carbons (Fsp3) is 0.919. The first kappa shape index (κ1) is 43.3. The highest BCUT2D eigenvalue weighted by Gasteiger charge is 2.31. The van der Waals surface area contributed by atoms with Gasteiger partial charge >= 0.3 is 17.9 Å². The summed E-state index contributed by atoms with van der Waals surface area (Å²) < 4.78 is 17.1. The lowest BCUT2D eigenvalue weighted by Crippen LogP contribution is -2.50. The maximum absolute atomic E-state index is 12.6. The predicted molar refractivity (Wildman–Crippen MR) is 183 cm³/mol. The lowest BCUT2D eigenvalue weighted by Gasteiger charge is -2.31. The van der Waals surface area contributed by atoms with E-state index in [9.17, 15) is 19.5 Å². The van der Waals surface area contributed by atoms with Gasteiger partial charge in [-0.25, -0.2) is 4.79 Å². The van der Waals surface area contributed by atoms with Crippen LogP contribution >= 0.6 is 0 Å². The van der Waals surface area contributed by atoms with E-state index < -0.39 is 18.1 Å². The number of rotatable bonds is 33. The molecule has 2 unspecified atom stereocenters. The molecule has 0 aromatic heterocycles. The van der Waals surface area contributed by atoms with Gasteiger partial charge in [0, 0.05) is 19.3 Å². The average molecular weight is 643 g/mol. The minimum Gasteiger partial charge on any atom is -0.477 e. The van der Waals surface area contributed by atoms with E-state index in [1.54, 1.807) is 0 Å². The van der Waals surface area contributed by atoms with Crippen molar-refractivity contribution in [2.45, 2.75) is 180 Å². The monoisotopic (exact) mass is 643 g/mol. The quantitative estimate of drug-likeness (QED) is 0.0433. The molecule has 0 spiro atoms. The van der Waals surface area contributed by atoms with E-state index in [-0.39, 0.29) is 36.2 Å². The number of hydrogen-bond acceptors (Lipinski definition) is 6. The van der Waals surface area contributed by atoms with Crippen molar-refractivity contribution >= 4 is 17.9 Å². The van der Waals surface area contributed by atoms with Crippen LogP contribution in [0.4, 0.5) is 0 Å². The summed E-state index contributed by atoms with van der Waals surface area (Å²) in [6.07, 6.45) is 25.7. The minimum absolute atomic E-state index is 0.0438. The SMILES string of the molecule is CCCCCCCCCCCCCCCC(=O)OC(COCCC(C(=O)O)[N+](C)(C)C)COC(=O)CCCCCCCCCC. The van der Waals surface area contributed by atoms with Gasteiger partial charge in [-0.2, -0.15) is 0 Å². The highest BCUT2D eigenvalue weighted by atomic mass is 16.6.